The lowest BCUT2D eigenvalue weighted by Gasteiger charge is -2.33. The van der Waals surface area contributed by atoms with Gasteiger partial charge in [-0.25, -0.2) is 4.98 Å². The van der Waals surface area contributed by atoms with Gasteiger partial charge in [-0.3, -0.25) is 4.79 Å². The van der Waals surface area contributed by atoms with Crippen LogP contribution in [0.4, 0.5) is 11.5 Å². The van der Waals surface area contributed by atoms with Gasteiger partial charge in [-0.2, -0.15) is 4.98 Å². The van der Waals surface area contributed by atoms with Gasteiger partial charge in [0.1, 0.15) is 17.5 Å². The fourth-order valence-corrected chi connectivity index (χ4v) is 3.82. The SMILES string of the molecule is Cc1cc(C)cc(NC(=O)[C@H]2CCCN(c3ncnc4onc(C)c34)C2)c1. The van der Waals surface area contributed by atoms with Crippen molar-refractivity contribution in [2.75, 3.05) is 23.3 Å². The second-order valence-corrected chi connectivity index (χ2v) is 7.30. The van der Waals surface area contributed by atoms with Crippen molar-refractivity contribution in [3.05, 3.63) is 41.3 Å². The van der Waals surface area contributed by atoms with Crippen LogP contribution in [0.1, 0.15) is 29.7 Å². The molecule has 0 spiro atoms. The van der Waals surface area contributed by atoms with Crippen LogP contribution in [-0.4, -0.2) is 34.1 Å². The van der Waals surface area contributed by atoms with E-state index >= 15 is 0 Å². The van der Waals surface area contributed by atoms with Crippen LogP contribution in [0, 0.1) is 26.7 Å². The molecule has 1 aliphatic rings. The van der Waals surface area contributed by atoms with Crippen molar-refractivity contribution in [2.24, 2.45) is 5.92 Å². The lowest BCUT2D eigenvalue weighted by atomic mass is 9.96. The zero-order valence-corrected chi connectivity index (χ0v) is 15.8. The van der Waals surface area contributed by atoms with Gasteiger partial charge in [0.15, 0.2) is 0 Å². The molecule has 1 amide bonds. The normalized spacial score (nSPS) is 17.3. The quantitative estimate of drug-likeness (QED) is 0.766. The summed E-state index contributed by atoms with van der Waals surface area (Å²) in [6, 6.07) is 6.10. The molecule has 3 heterocycles. The first kappa shape index (κ1) is 17.5. The van der Waals surface area contributed by atoms with Crippen LogP contribution in [0.15, 0.2) is 29.0 Å². The molecule has 1 fully saturated rings. The van der Waals surface area contributed by atoms with Crippen LogP contribution in [0.25, 0.3) is 11.1 Å². The highest BCUT2D eigenvalue weighted by molar-refractivity contribution is 5.94. The number of anilines is 2. The van der Waals surface area contributed by atoms with Gasteiger partial charge in [0.05, 0.1) is 11.6 Å². The first-order valence-corrected chi connectivity index (χ1v) is 9.22. The molecule has 140 valence electrons. The number of carbonyl (C=O) groups is 1. The molecule has 0 aliphatic carbocycles. The summed E-state index contributed by atoms with van der Waals surface area (Å²) < 4.78 is 5.25. The predicted molar refractivity (Wildman–Crippen MR) is 104 cm³/mol. The number of carbonyl (C=O) groups excluding carboxylic acids is 1. The Balaban J connectivity index is 1.54. The van der Waals surface area contributed by atoms with E-state index in [9.17, 15) is 4.79 Å². The zero-order valence-electron chi connectivity index (χ0n) is 15.8. The lowest BCUT2D eigenvalue weighted by molar-refractivity contribution is -0.120. The molecule has 0 unspecified atom stereocenters. The number of benzene rings is 1. The lowest BCUT2D eigenvalue weighted by Crippen LogP contribution is -2.41. The van der Waals surface area contributed by atoms with Crippen molar-refractivity contribution in [3.63, 3.8) is 0 Å². The van der Waals surface area contributed by atoms with Gasteiger partial charge >= 0.3 is 0 Å². The number of rotatable bonds is 3. The van der Waals surface area contributed by atoms with E-state index in [1.165, 1.54) is 6.33 Å². The summed E-state index contributed by atoms with van der Waals surface area (Å²) in [5, 5.41) is 7.90. The maximum atomic E-state index is 12.8. The maximum Gasteiger partial charge on any atom is 0.263 e. The molecule has 7 nitrogen and oxygen atoms in total. The van der Waals surface area contributed by atoms with Crippen LogP contribution < -0.4 is 10.2 Å². The molecule has 7 heteroatoms. The van der Waals surface area contributed by atoms with Crippen LogP contribution in [0.3, 0.4) is 0 Å². The van der Waals surface area contributed by atoms with Gasteiger partial charge in [0, 0.05) is 18.8 Å². The van der Waals surface area contributed by atoms with Crippen molar-refractivity contribution >= 4 is 28.5 Å². The Hall–Kier alpha value is -2.96. The van der Waals surface area contributed by atoms with E-state index in [1.54, 1.807) is 0 Å². The van der Waals surface area contributed by atoms with E-state index in [2.05, 4.69) is 31.4 Å². The average Bonchev–Trinajstić information content (AvgIpc) is 3.02. The third-order valence-electron chi connectivity index (χ3n) is 5.00. The second kappa shape index (κ2) is 6.98. The zero-order chi connectivity index (χ0) is 19.0. The molecule has 0 bridgehead atoms. The van der Waals surface area contributed by atoms with Gasteiger partial charge in [-0.1, -0.05) is 11.2 Å². The van der Waals surface area contributed by atoms with Gasteiger partial charge in [-0.15, -0.1) is 0 Å². The van der Waals surface area contributed by atoms with Gasteiger partial charge in [-0.05, 0) is 56.9 Å². The van der Waals surface area contributed by atoms with Crippen LogP contribution >= 0.6 is 0 Å². The predicted octanol–water partition coefficient (Wildman–Crippen LogP) is 3.40. The number of nitrogens with zero attached hydrogens (tertiary/aromatic N) is 4. The molecule has 0 radical (unpaired) electrons. The minimum atomic E-state index is -0.0928. The first-order valence-electron chi connectivity index (χ1n) is 9.22. The van der Waals surface area contributed by atoms with Crippen molar-refractivity contribution in [1.82, 2.24) is 15.1 Å². The fraction of sp³-hybridized carbons (Fsp3) is 0.400. The largest absolute Gasteiger partial charge is 0.355 e. The summed E-state index contributed by atoms with van der Waals surface area (Å²) in [5.74, 6) is 0.754. The van der Waals surface area contributed by atoms with Gasteiger partial charge < -0.3 is 14.7 Å². The Bertz CT molecular complexity index is 977. The van der Waals surface area contributed by atoms with E-state index in [4.69, 9.17) is 4.52 Å². The van der Waals surface area contributed by atoms with E-state index < -0.39 is 0 Å². The maximum absolute atomic E-state index is 12.8. The molecule has 1 atom stereocenters. The highest BCUT2D eigenvalue weighted by atomic mass is 16.5. The van der Waals surface area contributed by atoms with Crippen molar-refractivity contribution in [2.45, 2.75) is 33.6 Å². The summed E-state index contributed by atoms with van der Waals surface area (Å²) in [7, 11) is 0. The number of hydrogen-bond donors (Lipinski definition) is 1. The molecular formula is C20H23N5O2. The van der Waals surface area contributed by atoms with E-state index in [0.717, 1.165) is 53.1 Å². The summed E-state index contributed by atoms with van der Waals surface area (Å²) in [5.41, 5.74) is 4.39. The highest BCUT2D eigenvalue weighted by Crippen LogP contribution is 2.30. The summed E-state index contributed by atoms with van der Waals surface area (Å²) >= 11 is 0. The number of aryl methyl sites for hydroxylation is 3. The first-order chi connectivity index (χ1) is 13.0. The summed E-state index contributed by atoms with van der Waals surface area (Å²) in [6.07, 6.45) is 3.28. The molecule has 0 saturated carbocycles. The Morgan fingerprint density at radius 3 is 2.74 bits per heavy atom. The Kier molecular flexibility index (Phi) is 4.51. The Labute approximate surface area is 157 Å². The minimum absolute atomic E-state index is 0.0528. The van der Waals surface area contributed by atoms with Gasteiger partial charge in [0.25, 0.3) is 5.71 Å². The minimum Gasteiger partial charge on any atom is -0.355 e. The average molecular weight is 365 g/mol. The monoisotopic (exact) mass is 365 g/mol. The summed E-state index contributed by atoms with van der Waals surface area (Å²) in [6.45, 7) is 7.42. The van der Waals surface area contributed by atoms with E-state index in [-0.39, 0.29) is 11.8 Å². The second-order valence-electron chi connectivity index (χ2n) is 7.30. The topological polar surface area (TPSA) is 84.2 Å². The van der Waals surface area contributed by atoms with Crippen LogP contribution in [-0.2, 0) is 4.79 Å². The number of hydrogen-bond acceptors (Lipinski definition) is 6. The molecular weight excluding hydrogens is 342 g/mol. The molecule has 4 rings (SSSR count). The molecule has 3 aromatic rings. The molecule has 1 aromatic carbocycles. The van der Waals surface area contributed by atoms with E-state index in [1.807, 2.05) is 32.9 Å². The smallest absolute Gasteiger partial charge is 0.263 e. The third kappa shape index (κ3) is 3.49. The van der Waals surface area contributed by atoms with E-state index in [0.29, 0.717) is 12.3 Å². The van der Waals surface area contributed by atoms with Crippen molar-refractivity contribution < 1.29 is 9.32 Å². The van der Waals surface area contributed by atoms with Crippen LogP contribution in [0.5, 0.6) is 0 Å². The number of amides is 1. The summed E-state index contributed by atoms with van der Waals surface area (Å²) in [4.78, 5) is 23.6. The molecule has 27 heavy (non-hydrogen) atoms. The van der Waals surface area contributed by atoms with Gasteiger partial charge in [0.2, 0.25) is 5.91 Å². The Morgan fingerprint density at radius 2 is 1.96 bits per heavy atom. The number of piperidine rings is 1. The molecule has 1 saturated heterocycles. The number of fused-ring (bicyclic) bond motifs is 1. The fourth-order valence-electron chi connectivity index (χ4n) is 3.82. The highest BCUT2D eigenvalue weighted by Gasteiger charge is 2.28. The standard InChI is InChI=1S/C20H23N5O2/c1-12-7-13(2)9-16(8-12)23-19(26)15-5-4-6-25(10-15)18-17-14(3)24-27-20(17)22-11-21-18/h7-9,11,15H,4-6,10H2,1-3H3,(H,23,26)/t15-/m0/s1. The number of nitrogens with one attached hydrogen (secondary N) is 1. The van der Waals surface area contributed by atoms with Crippen molar-refractivity contribution in [1.29, 1.82) is 0 Å². The number of aromatic nitrogens is 3. The van der Waals surface area contributed by atoms with Crippen LogP contribution in [0.2, 0.25) is 0 Å². The molecule has 2 aromatic heterocycles. The third-order valence-corrected chi connectivity index (χ3v) is 5.00. The van der Waals surface area contributed by atoms with Crippen molar-refractivity contribution in [3.8, 4) is 0 Å². The molecule has 1 aliphatic heterocycles. The molecule has 1 N–H and O–H groups in total. The Morgan fingerprint density at radius 1 is 1.19 bits per heavy atom.